The average molecular weight is 258 g/mol. The lowest BCUT2D eigenvalue weighted by molar-refractivity contribution is -0.115. The van der Waals surface area contributed by atoms with Gasteiger partial charge in [0.25, 0.3) is 0 Å². The molecule has 0 aliphatic heterocycles. The standard InChI is InChI=1S/C15H18N2O2/c1-15(2,3)12-6-4-5-7-13(12)16-14(18)10-11-8-9-19-17-11/h4-9H,10H2,1-3H3,(H,16,18). The van der Waals surface area contributed by atoms with Crippen molar-refractivity contribution in [1.82, 2.24) is 5.16 Å². The van der Waals surface area contributed by atoms with Gasteiger partial charge in [-0.15, -0.1) is 0 Å². The highest BCUT2D eigenvalue weighted by Gasteiger charge is 2.18. The van der Waals surface area contributed by atoms with E-state index in [-0.39, 0.29) is 17.7 Å². The molecule has 0 fully saturated rings. The highest BCUT2D eigenvalue weighted by Crippen LogP contribution is 2.29. The lowest BCUT2D eigenvalue weighted by Gasteiger charge is -2.22. The number of anilines is 1. The van der Waals surface area contributed by atoms with Gasteiger partial charge in [0.05, 0.1) is 12.1 Å². The van der Waals surface area contributed by atoms with Gasteiger partial charge in [-0.1, -0.05) is 44.1 Å². The van der Waals surface area contributed by atoms with Crippen LogP contribution in [0.15, 0.2) is 41.1 Å². The molecular formula is C15H18N2O2. The Labute approximate surface area is 112 Å². The number of carbonyl (C=O) groups excluding carboxylic acids is 1. The molecule has 4 nitrogen and oxygen atoms in total. The maximum Gasteiger partial charge on any atom is 0.230 e. The molecule has 4 heteroatoms. The molecule has 1 heterocycles. The summed E-state index contributed by atoms with van der Waals surface area (Å²) < 4.78 is 4.71. The Morgan fingerprint density at radius 3 is 2.63 bits per heavy atom. The molecule has 1 aromatic heterocycles. The summed E-state index contributed by atoms with van der Waals surface area (Å²) in [6, 6.07) is 9.54. The summed E-state index contributed by atoms with van der Waals surface area (Å²) in [7, 11) is 0. The number of carbonyl (C=O) groups is 1. The van der Waals surface area contributed by atoms with Gasteiger partial charge in [0.15, 0.2) is 0 Å². The first kappa shape index (κ1) is 13.3. The van der Waals surface area contributed by atoms with Crippen LogP contribution in [0.3, 0.4) is 0 Å². The normalized spacial score (nSPS) is 11.3. The van der Waals surface area contributed by atoms with Gasteiger partial charge in [-0.2, -0.15) is 0 Å². The fourth-order valence-corrected chi connectivity index (χ4v) is 1.93. The Hall–Kier alpha value is -2.10. The van der Waals surface area contributed by atoms with Crippen molar-refractivity contribution in [3.63, 3.8) is 0 Å². The van der Waals surface area contributed by atoms with E-state index in [4.69, 9.17) is 4.52 Å². The van der Waals surface area contributed by atoms with Crippen LogP contribution in [0.4, 0.5) is 5.69 Å². The molecule has 0 spiro atoms. The first-order valence-corrected chi connectivity index (χ1v) is 6.25. The highest BCUT2D eigenvalue weighted by molar-refractivity contribution is 5.92. The number of aromatic nitrogens is 1. The summed E-state index contributed by atoms with van der Waals surface area (Å²) in [5.41, 5.74) is 2.58. The second kappa shape index (κ2) is 5.26. The quantitative estimate of drug-likeness (QED) is 0.920. The van der Waals surface area contributed by atoms with Crippen molar-refractivity contribution in [1.29, 1.82) is 0 Å². The van der Waals surface area contributed by atoms with E-state index in [1.54, 1.807) is 6.07 Å². The zero-order valence-corrected chi connectivity index (χ0v) is 11.4. The van der Waals surface area contributed by atoms with E-state index in [2.05, 4.69) is 31.2 Å². The van der Waals surface area contributed by atoms with Crippen molar-refractivity contribution >= 4 is 11.6 Å². The molecular weight excluding hydrogens is 240 g/mol. The summed E-state index contributed by atoms with van der Waals surface area (Å²) in [6.45, 7) is 6.36. The zero-order chi connectivity index (χ0) is 13.9. The van der Waals surface area contributed by atoms with E-state index >= 15 is 0 Å². The van der Waals surface area contributed by atoms with Gasteiger partial charge in [-0.25, -0.2) is 0 Å². The van der Waals surface area contributed by atoms with E-state index in [0.29, 0.717) is 5.69 Å². The van der Waals surface area contributed by atoms with Gasteiger partial charge < -0.3 is 9.84 Å². The lowest BCUT2D eigenvalue weighted by Crippen LogP contribution is -2.19. The predicted molar refractivity (Wildman–Crippen MR) is 74.0 cm³/mol. The van der Waals surface area contributed by atoms with Crippen LogP contribution in [0.5, 0.6) is 0 Å². The Morgan fingerprint density at radius 1 is 1.26 bits per heavy atom. The number of benzene rings is 1. The maximum absolute atomic E-state index is 12.0. The molecule has 0 radical (unpaired) electrons. The molecule has 1 N–H and O–H groups in total. The van der Waals surface area contributed by atoms with Gasteiger partial charge >= 0.3 is 0 Å². The molecule has 2 rings (SSSR count). The van der Waals surface area contributed by atoms with Crippen LogP contribution < -0.4 is 5.32 Å². The largest absolute Gasteiger partial charge is 0.364 e. The van der Waals surface area contributed by atoms with Gasteiger partial charge in [0.2, 0.25) is 5.91 Å². The van der Waals surface area contributed by atoms with Gasteiger partial charge in [-0.05, 0) is 17.0 Å². The fourth-order valence-electron chi connectivity index (χ4n) is 1.93. The van der Waals surface area contributed by atoms with Crippen LogP contribution in [-0.2, 0) is 16.6 Å². The van der Waals surface area contributed by atoms with Crippen molar-refractivity contribution in [3.05, 3.63) is 47.9 Å². The molecule has 0 saturated carbocycles. The van der Waals surface area contributed by atoms with Crippen molar-refractivity contribution in [2.24, 2.45) is 0 Å². The Balaban J connectivity index is 2.13. The molecule has 0 unspecified atom stereocenters. The first-order chi connectivity index (χ1) is 8.97. The maximum atomic E-state index is 12.0. The highest BCUT2D eigenvalue weighted by atomic mass is 16.5. The topological polar surface area (TPSA) is 55.1 Å². The fraction of sp³-hybridized carbons (Fsp3) is 0.333. The second-order valence-electron chi connectivity index (χ2n) is 5.51. The third-order valence-corrected chi connectivity index (χ3v) is 2.84. The van der Waals surface area contributed by atoms with Gasteiger partial charge in [-0.3, -0.25) is 4.79 Å². The molecule has 100 valence electrons. The molecule has 0 atom stereocenters. The summed E-state index contributed by atoms with van der Waals surface area (Å²) in [6.07, 6.45) is 1.68. The number of nitrogens with one attached hydrogen (secondary N) is 1. The molecule has 0 bridgehead atoms. The molecule has 0 aliphatic carbocycles. The number of hydrogen-bond acceptors (Lipinski definition) is 3. The minimum Gasteiger partial charge on any atom is -0.364 e. The van der Waals surface area contributed by atoms with E-state index < -0.39 is 0 Å². The van der Waals surface area contributed by atoms with Crippen molar-refractivity contribution in [2.75, 3.05) is 5.32 Å². The smallest absolute Gasteiger partial charge is 0.230 e. The number of para-hydroxylation sites is 1. The van der Waals surface area contributed by atoms with E-state index in [9.17, 15) is 4.79 Å². The summed E-state index contributed by atoms with van der Waals surface area (Å²) in [5.74, 6) is -0.0920. The molecule has 2 aromatic rings. The van der Waals surface area contributed by atoms with Gasteiger partial charge in [0.1, 0.15) is 6.26 Å². The molecule has 0 saturated heterocycles. The zero-order valence-electron chi connectivity index (χ0n) is 11.4. The summed E-state index contributed by atoms with van der Waals surface area (Å²) in [5, 5.41) is 6.67. The van der Waals surface area contributed by atoms with Crippen LogP contribution in [0.1, 0.15) is 32.0 Å². The van der Waals surface area contributed by atoms with E-state index in [0.717, 1.165) is 11.3 Å². The second-order valence-corrected chi connectivity index (χ2v) is 5.51. The monoisotopic (exact) mass is 258 g/mol. The average Bonchev–Trinajstić information content (AvgIpc) is 2.81. The van der Waals surface area contributed by atoms with Crippen LogP contribution >= 0.6 is 0 Å². The molecule has 0 aliphatic rings. The van der Waals surface area contributed by atoms with Crippen molar-refractivity contribution in [3.8, 4) is 0 Å². The molecule has 19 heavy (non-hydrogen) atoms. The van der Waals surface area contributed by atoms with Crippen molar-refractivity contribution < 1.29 is 9.32 Å². The van der Waals surface area contributed by atoms with Gasteiger partial charge in [0, 0.05) is 11.8 Å². The van der Waals surface area contributed by atoms with Crippen LogP contribution in [0, 0.1) is 0 Å². The number of rotatable bonds is 3. The predicted octanol–water partition coefficient (Wildman–Crippen LogP) is 3.15. The Kier molecular flexibility index (Phi) is 3.69. The third-order valence-electron chi connectivity index (χ3n) is 2.84. The van der Waals surface area contributed by atoms with Crippen LogP contribution in [0.25, 0.3) is 0 Å². The number of nitrogens with zero attached hydrogens (tertiary/aromatic N) is 1. The summed E-state index contributed by atoms with van der Waals surface area (Å²) >= 11 is 0. The number of amides is 1. The Bertz CT molecular complexity index is 554. The summed E-state index contributed by atoms with van der Waals surface area (Å²) in [4.78, 5) is 12.0. The minimum absolute atomic E-state index is 0.0161. The first-order valence-electron chi connectivity index (χ1n) is 6.25. The SMILES string of the molecule is CC(C)(C)c1ccccc1NC(=O)Cc1ccon1. The molecule has 1 amide bonds. The lowest BCUT2D eigenvalue weighted by atomic mass is 9.86. The minimum atomic E-state index is -0.0920. The van der Waals surface area contributed by atoms with Crippen LogP contribution in [0.2, 0.25) is 0 Å². The van der Waals surface area contributed by atoms with E-state index in [1.807, 2.05) is 24.3 Å². The third kappa shape index (κ3) is 3.44. The molecule has 1 aromatic carbocycles. The number of hydrogen-bond donors (Lipinski definition) is 1. The van der Waals surface area contributed by atoms with E-state index in [1.165, 1.54) is 6.26 Å². The van der Waals surface area contributed by atoms with Crippen molar-refractivity contribution in [2.45, 2.75) is 32.6 Å². The Morgan fingerprint density at radius 2 is 2.00 bits per heavy atom. The van der Waals surface area contributed by atoms with Crippen LogP contribution in [-0.4, -0.2) is 11.1 Å².